The summed E-state index contributed by atoms with van der Waals surface area (Å²) in [6.45, 7) is 4.27. The molecule has 0 aliphatic heterocycles. The van der Waals surface area contributed by atoms with Crippen LogP contribution < -0.4 is 5.73 Å². The predicted octanol–water partition coefficient (Wildman–Crippen LogP) is 4.71. The Hall–Kier alpha value is -2.28. The molecule has 3 aromatic rings. The average molecular weight is 247 g/mol. The minimum atomic E-state index is 0.837. The van der Waals surface area contributed by atoms with Crippen LogP contribution in [0.15, 0.2) is 54.6 Å². The van der Waals surface area contributed by atoms with E-state index in [1.165, 1.54) is 27.6 Å². The van der Waals surface area contributed by atoms with Crippen LogP contribution in [0.3, 0.4) is 0 Å². The summed E-state index contributed by atoms with van der Waals surface area (Å²) in [6, 6.07) is 19.1. The molecule has 2 N–H and O–H groups in total. The van der Waals surface area contributed by atoms with Crippen molar-refractivity contribution >= 4 is 16.5 Å². The maximum Gasteiger partial charge on any atom is 0.0393 e. The lowest BCUT2D eigenvalue weighted by Crippen LogP contribution is -1.89. The van der Waals surface area contributed by atoms with Gasteiger partial charge >= 0.3 is 0 Å². The normalized spacial score (nSPS) is 10.8. The fourth-order valence-electron chi connectivity index (χ4n) is 2.72. The van der Waals surface area contributed by atoms with Gasteiger partial charge in [-0.2, -0.15) is 0 Å². The van der Waals surface area contributed by atoms with Gasteiger partial charge in [0.25, 0.3) is 0 Å². The monoisotopic (exact) mass is 247 g/mol. The van der Waals surface area contributed by atoms with Crippen LogP contribution in [-0.2, 0) is 0 Å². The number of hydrogen-bond acceptors (Lipinski definition) is 1. The zero-order valence-corrected chi connectivity index (χ0v) is 11.3. The van der Waals surface area contributed by atoms with Gasteiger partial charge in [-0.15, -0.1) is 0 Å². The van der Waals surface area contributed by atoms with Gasteiger partial charge in [0.15, 0.2) is 0 Å². The number of aryl methyl sites for hydroxylation is 2. The Morgan fingerprint density at radius 2 is 1.37 bits per heavy atom. The summed E-state index contributed by atoms with van der Waals surface area (Å²) in [6.07, 6.45) is 0. The molecular formula is C18H17N. The third-order valence-electron chi connectivity index (χ3n) is 3.49. The Morgan fingerprint density at radius 1 is 0.737 bits per heavy atom. The first-order valence-electron chi connectivity index (χ1n) is 6.51. The van der Waals surface area contributed by atoms with Gasteiger partial charge in [-0.25, -0.2) is 0 Å². The molecule has 0 unspecified atom stereocenters. The summed E-state index contributed by atoms with van der Waals surface area (Å²) in [4.78, 5) is 0. The first kappa shape index (κ1) is 11.8. The lowest BCUT2D eigenvalue weighted by atomic mass is 9.95. The lowest BCUT2D eigenvalue weighted by molar-refractivity contribution is 1.39. The number of anilines is 1. The molecule has 0 aliphatic carbocycles. The summed E-state index contributed by atoms with van der Waals surface area (Å²) in [7, 11) is 0. The lowest BCUT2D eigenvalue weighted by Gasteiger charge is -2.10. The maximum atomic E-state index is 6.06. The molecular weight excluding hydrogens is 230 g/mol. The predicted molar refractivity (Wildman–Crippen MR) is 83.3 cm³/mol. The Kier molecular flexibility index (Phi) is 2.75. The zero-order valence-electron chi connectivity index (χ0n) is 11.3. The van der Waals surface area contributed by atoms with Crippen molar-refractivity contribution in [2.24, 2.45) is 0 Å². The van der Waals surface area contributed by atoms with Crippen LogP contribution in [0.4, 0.5) is 5.69 Å². The van der Waals surface area contributed by atoms with E-state index in [-0.39, 0.29) is 0 Å². The molecule has 0 spiro atoms. The van der Waals surface area contributed by atoms with Crippen LogP contribution in [0, 0.1) is 13.8 Å². The first-order valence-corrected chi connectivity index (χ1v) is 6.51. The SMILES string of the molecule is Cc1cc(C)cc(-c2cccc3c(N)cccc23)c1. The van der Waals surface area contributed by atoms with Gasteiger partial charge in [0.1, 0.15) is 0 Å². The highest BCUT2D eigenvalue weighted by molar-refractivity contribution is 6.02. The van der Waals surface area contributed by atoms with E-state index in [1.807, 2.05) is 12.1 Å². The number of hydrogen-bond donors (Lipinski definition) is 1. The van der Waals surface area contributed by atoms with Gasteiger partial charge in [-0.1, -0.05) is 59.7 Å². The van der Waals surface area contributed by atoms with Gasteiger partial charge in [0, 0.05) is 11.1 Å². The second-order valence-corrected chi connectivity index (χ2v) is 5.12. The number of rotatable bonds is 1. The topological polar surface area (TPSA) is 26.0 Å². The van der Waals surface area contributed by atoms with Crippen LogP contribution in [0.2, 0.25) is 0 Å². The summed E-state index contributed by atoms with van der Waals surface area (Å²) in [5, 5.41) is 2.34. The molecule has 0 heterocycles. The highest BCUT2D eigenvalue weighted by Gasteiger charge is 2.06. The molecule has 3 aromatic carbocycles. The van der Waals surface area contributed by atoms with E-state index in [0.717, 1.165) is 11.1 Å². The highest BCUT2D eigenvalue weighted by atomic mass is 14.5. The molecule has 0 bridgehead atoms. The molecule has 0 radical (unpaired) electrons. The number of nitrogens with two attached hydrogens (primary N) is 1. The number of nitrogen functional groups attached to an aromatic ring is 1. The summed E-state index contributed by atoms with van der Waals surface area (Å²) in [5.74, 6) is 0. The maximum absolute atomic E-state index is 6.06. The Labute approximate surface area is 113 Å². The van der Waals surface area contributed by atoms with Crippen molar-refractivity contribution in [2.45, 2.75) is 13.8 Å². The Balaban J connectivity index is 2.33. The third-order valence-corrected chi connectivity index (χ3v) is 3.49. The summed E-state index contributed by atoms with van der Waals surface area (Å²) >= 11 is 0. The van der Waals surface area contributed by atoms with Gasteiger partial charge in [-0.05, 0) is 36.4 Å². The van der Waals surface area contributed by atoms with E-state index in [1.54, 1.807) is 0 Å². The molecule has 3 rings (SSSR count). The fourth-order valence-corrected chi connectivity index (χ4v) is 2.72. The van der Waals surface area contributed by atoms with E-state index in [4.69, 9.17) is 5.73 Å². The Morgan fingerprint density at radius 3 is 2.11 bits per heavy atom. The van der Waals surface area contributed by atoms with Crippen LogP contribution >= 0.6 is 0 Å². The average Bonchev–Trinajstić information content (AvgIpc) is 2.37. The molecule has 0 saturated carbocycles. The molecule has 94 valence electrons. The van der Waals surface area contributed by atoms with Gasteiger partial charge < -0.3 is 5.73 Å². The van der Waals surface area contributed by atoms with Crippen LogP contribution in [0.1, 0.15) is 11.1 Å². The van der Waals surface area contributed by atoms with Crippen molar-refractivity contribution in [1.82, 2.24) is 0 Å². The first-order chi connectivity index (χ1) is 9.15. The van der Waals surface area contributed by atoms with E-state index in [0.29, 0.717) is 0 Å². The highest BCUT2D eigenvalue weighted by Crippen LogP contribution is 2.32. The molecule has 0 aromatic heterocycles. The van der Waals surface area contributed by atoms with Crippen molar-refractivity contribution in [2.75, 3.05) is 5.73 Å². The fraction of sp³-hybridized carbons (Fsp3) is 0.111. The molecule has 0 fully saturated rings. The van der Waals surface area contributed by atoms with Crippen LogP contribution in [-0.4, -0.2) is 0 Å². The summed E-state index contributed by atoms with van der Waals surface area (Å²) in [5.41, 5.74) is 12.0. The largest absolute Gasteiger partial charge is 0.398 e. The van der Waals surface area contributed by atoms with E-state index in [2.05, 4.69) is 56.3 Å². The molecule has 0 saturated heterocycles. The second-order valence-electron chi connectivity index (χ2n) is 5.12. The van der Waals surface area contributed by atoms with Crippen molar-refractivity contribution in [3.8, 4) is 11.1 Å². The molecule has 19 heavy (non-hydrogen) atoms. The standard InChI is InChI=1S/C18H17N/c1-12-9-13(2)11-14(10-12)15-5-3-7-17-16(15)6-4-8-18(17)19/h3-11H,19H2,1-2H3. The van der Waals surface area contributed by atoms with E-state index in [9.17, 15) is 0 Å². The minimum Gasteiger partial charge on any atom is -0.398 e. The van der Waals surface area contributed by atoms with Crippen molar-refractivity contribution in [3.63, 3.8) is 0 Å². The van der Waals surface area contributed by atoms with Crippen LogP contribution in [0.25, 0.3) is 21.9 Å². The Bertz CT molecular complexity index is 736. The molecule has 1 nitrogen and oxygen atoms in total. The smallest absolute Gasteiger partial charge is 0.0393 e. The van der Waals surface area contributed by atoms with Crippen LogP contribution in [0.5, 0.6) is 0 Å². The minimum absolute atomic E-state index is 0.837. The molecule has 1 heteroatoms. The van der Waals surface area contributed by atoms with E-state index >= 15 is 0 Å². The number of benzene rings is 3. The van der Waals surface area contributed by atoms with Gasteiger partial charge in [0.2, 0.25) is 0 Å². The third kappa shape index (κ3) is 2.08. The van der Waals surface area contributed by atoms with Gasteiger partial charge in [-0.3, -0.25) is 0 Å². The molecule has 0 atom stereocenters. The van der Waals surface area contributed by atoms with Crippen molar-refractivity contribution in [3.05, 3.63) is 65.7 Å². The zero-order chi connectivity index (χ0) is 13.4. The van der Waals surface area contributed by atoms with Crippen molar-refractivity contribution < 1.29 is 0 Å². The molecule has 0 amide bonds. The summed E-state index contributed by atoms with van der Waals surface area (Å²) < 4.78 is 0. The molecule has 0 aliphatic rings. The van der Waals surface area contributed by atoms with E-state index < -0.39 is 0 Å². The van der Waals surface area contributed by atoms with Gasteiger partial charge in [0.05, 0.1) is 0 Å². The quantitative estimate of drug-likeness (QED) is 0.619. The van der Waals surface area contributed by atoms with Crippen molar-refractivity contribution in [1.29, 1.82) is 0 Å². The number of fused-ring (bicyclic) bond motifs is 1. The second kappa shape index (κ2) is 4.43.